The van der Waals surface area contributed by atoms with E-state index < -0.39 is 6.03 Å². The molecule has 0 aromatic heterocycles. The van der Waals surface area contributed by atoms with Gasteiger partial charge >= 0.3 is 6.03 Å². The summed E-state index contributed by atoms with van der Waals surface area (Å²) in [5, 5.41) is 8.32. The quantitative estimate of drug-likeness (QED) is 0.778. The van der Waals surface area contributed by atoms with Gasteiger partial charge in [-0.1, -0.05) is 17.7 Å². The van der Waals surface area contributed by atoms with E-state index in [0.29, 0.717) is 16.4 Å². The number of carbonyl (C=O) groups is 2. The van der Waals surface area contributed by atoms with Crippen molar-refractivity contribution in [1.29, 1.82) is 0 Å². The number of urea groups is 1. The Morgan fingerprint density at radius 2 is 1.71 bits per heavy atom. The molecule has 0 spiro atoms. The van der Waals surface area contributed by atoms with Crippen molar-refractivity contribution in [3.63, 3.8) is 0 Å². The average molecular weight is 347 g/mol. The molecule has 7 heteroatoms. The number of carbonyl (C=O) groups excluding carboxylic acids is 2. The summed E-state index contributed by atoms with van der Waals surface area (Å²) >= 11 is 5.84. The minimum atomic E-state index is -0.477. The van der Waals surface area contributed by atoms with E-state index >= 15 is 0 Å². The normalized spacial score (nSPS) is 9.96. The Morgan fingerprint density at radius 1 is 1.00 bits per heavy atom. The number of anilines is 3. The van der Waals surface area contributed by atoms with Crippen molar-refractivity contribution < 1.29 is 9.59 Å². The highest BCUT2D eigenvalue weighted by Gasteiger charge is 2.06. The molecule has 0 aliphatic heterocycles. The lowest BCUT2D eigenvalue weighted by Crippen LogP contribution is -2.35. The van der Waals surface area contributed by atoms with Crippen LogP contribution in [0.25, 0.3) is 0 Å². The number of nitrogens with zero attached hydrogens (tertiary/aromatic N) is 1. The monoisotopic (exact) mass is 346 g/mol. The fraction of sp³-hybridized carbons (Fsp3) is 0.176. The number of hydrogen-bond acceptors (Lipinski definition) is 3. The molecule has 6 nitrogen and oxygen atoms in total. The zero-order chi connectivity index (χ0) is 17.5. The van der Waals surface area contributed by atoms with E-state index in [-0.39, 0.29) is 12.5 Å². The Balaban J connectivity index is 1.79. The van der Waals surface area contributed by atoms with Crippen LogP contribution < -0.4 is 20.9 Å². The molecular weight excluding hydrogens is 328 g/mol. The summed E-state index contributed by atoms with van der Waals surface area (Å²) < 4.78 is 0. The summed E-state index contributed by atoms with van der Waals surface area (Å²) in [5.74, 6) is -0.311. The van der Waals surface area contributed by atoms with Crippen molar-refractivity contribution in [2.45, 2.75) is 0 Å². The van der Waals surface area contributed by atoms with Crippen molar-refractivity contribution >= 4 is 40.6 Å². The van der Waals surface area contributed by atoms with Crippen molar-refractivity contribution in [3.8, 4) is 0 Å². The number of amides is 3. The van der Waals surface area contributed by atoms with E-state index in [1.54, 1.807) is 36.4 Å². The number of rotatable bonds is 5. The predicted octanol–water partition coefficient (Wildman–Crippen LogP) is 3.17. The molecule has 3 N–H and O–H groups in total. The van der Waals surface area contributed by atoms with Crippen LogP contribution in [0.2, 0.25) is 5.02 Å². The maximum absolute atomic E-state index is 11.9. The van der Waals surface area contributed by atoms with Gasteiger partial charge in [0.1, 0.15) is 0 Å². The number of halogens is 1. The van der Waals surface area contributed by atoms with Crippen LogP contribution in [0.3, 0.4) is 0 Å². The minimum absolute atomic E-state index is 0.137. The third-order valence-corrected chi connectivity index (χ3v) is 3.39. The van der Waals surface area contributed by atoms with Gasteiger partial charge in [-0.25, -0.2) is 4.79 Å². The predicted molar refractivity (Wildman–Crippen MR) is 97.9 cm³/mol. The molecule has 0 heterocycles. The lowest BCUT2D eigenvalue weighted by Gasteiger charge is -2.13. The molecular formula is C17H19ClN4O2. The third-order valence-electron chi connectivity index (χ3n) is 3.16. The van der Waals surface area contributed by atoms with Crippen LogP contribution in [-0.4, -0.2) is 32.6 Å². The highest BCUT2D eigenvalue weighted by molar-refractivity contribution is 6.30. The second-order valence-electron chi connectivity index (χ2n) is 5.31. The molecule has 2 aromatic carbocycles. The van der Waals surface area contributed by atoms with Crippen LogP contribution in [0.4, 0.5) is 21.9 Å². The molecule has 2 rings (SSSR count). The van der Waals surface area contributed by atoms with Crippen molar-refractivity contribution in [2.24, 2.45) is 0 Å². The molecule has 0 aliphatic carbocycles. The van der Waals surface area contributed by atoms with E-state index in [2.05, 4.69) is 16.0 Å². The lowest BCUT2D eigenvalue weighted by atomic mass is 10.2. The van der Waals surface area contributed by atoms with Crippen LogP contribution in [-0.2, 0) is 4.79 Å². The van der Waals surface area contributed by atoms with Gasteiger partial charge in [0, 0.05) is 36.2 Å². The van der Waals surface area contributed by atoms with Crippen LogP contribution in [0.1, 0.15) is 0 Å². The highest BCUT2D eigenvalue weighted by Crippen LogP contribution is 2.16. The summed E-state index contributed by atoms with van der Waals surface area (Å²) in [4.78, 5) is 25.6. The molecule has 0 fully saturated rings. The third kappa shape index (κ3) is 5.48. The highest BCUT2D eigenvalue weighted by atomic mass is 35.5. The summed E-state index contributed by atoms with van der Waals surface area (Å²) in [7, 11) is 3.88. The van der Waals surface area contributed by atoms with Gasteiger partial charge in [0.15, 0.2) is 0 Å². The fourth-order valence-corrected chi connectivity index (χ4v) is 2.14. The maximum atomic E-state index is 11.9. The van der Waals surface area contributed by atoms with Crippen LogP contribution in [0.5, 0.6) is 0 Å². The first-order valence-corrected chi connectivity index (χ1v) is 7.69. The Kier molecular flexibility index (Phi) is 6.03. The van der Waals surface area contributed by atoms with Gasteiger partial charge in [-0.05, 0) is 42.5 Å². The van der Waals surface area contributed by atoms with Gasteiger partial charge in [-0.15, -0.1) is 0 Å². The standard InChI is InChI=1S/C17H19ClN4O2/c1-22(2)15-8-6-13(7-9-15)20-16(23)11-19-17(24)21-14-5-3-4-12(18)10-14/h3-10H,11H2,1-2H3,(H,20,23)(H2,19,21,24). The molecule has 3 amide bonds. The van der Waals surface area contributed by atoms with Crippen LogP contribution in [0, 0.1) is 0 Å². The summed E-state index contributed by atoms with van der Waals surface area (Å²) in [6.07, 6.45) is 0. The first-order valence-electron chi connectivity index (χ1n) is 7.32. The summed E-state index contributed by atoms with van der Waals surface area (Å²) in [6, 6.07) is 13.7. The van der Waals surface area contributed by atoms with Gasteiger partial charge < -0.3 is 20.9 Å². The molecule has 0 aliphatic rings. The zero-order valence-electron chi connectivity index (χ0n) is 13.5. The molecule has 0 unspecified atom stereocenters. The van der Waals surface area contributed by atoms with Gasteiger partial charge in [-0.3, -0.25) is 4.79 Å². The van der Waals surface area contributed by atoms with E-state index in [1.807, 2.05) is 31.1 Å². The van der Waals surface area contributed by atoms with Gasteiger partial charge in [0.2, 0.25) is 5.91 Å². The first-order chi connectivity index (χ1) is 11.4. The molecule has 126 valence electrons. The second kappa shape index (κ2) is 8.21. The fourth-order valence-electron chi connectivity index (χ4n) is 1.95. The number of nitrogens with one attached hydrogen (secondary N) is 3. The Morgan fingerprint density at radius 3 is 2.33 bits per heavy atom. The number of benzene rings is 2. The molecule has 0 saturated heterocycles. The van der Waals surface area contributed by atoms with E-state index in [9.17, 15) is 9.59 Å². The SMILES string of the molecule is CN(C)c1ccc(NC(=O)CNC(=O)Nc2cccc(Cl)c2)cc1. The summed E-state index contributed by atoms with van der Waals surface area (Å²) in [5.41, 5.74) is 2.26. The molecule has 0 atom stereocenters. The molecule has 24 heavy (non-hydrogen) atoms. The van der Waals surface area contributed by atoms with Gasteiger partial charge in [-0.2, -0.15) is 0 Å². The van der Waals surface area contributed by atoms with Crippen molar-refractivity contribution in [3.05, 3.63) is 53.6 Å². The summed E-state index contributed by atoms with van der Waals surface area (Å²) in [6.45, 7) is -0.137. The topological polar surface area (TPSA) is 73.5 Å². The average Bonchev–Trinajstić information content (AvgIpc) is 2.53. The van der Waals surface area contributed by atoms with Gasteiger partial charge in [0.05, 0.1) is 6.54 Å². The van der Waals surface area contributed by atoms with E-state index in [1.165, 1.54) is 0 Å². The Hall–Kier alpha value is -2.73. The molecule has 0 radical (unpaired) electrons. The van der Waals surface area contributed by atoms with E-state index in [4.69, 9.17) is 11.6 Å². The van der Waals surface area contributed by atoms with E-state index in [0.717, 1.165) is 5.69 Å². The smallest absolute Gasteiger partial charge is 0.319 e. The van der Waals surface area contributed by atoms with Gasteiger partial charge in [0.25, 0.3) is 0 Å². The molecule has 0 saturated carbocycles. The Bertz CT molecular complexity index is 717. The van der Waals surface area contributed by atoms with Crippen LogP contribution in [0.15, 0.2) is 48.5 Å². The largest absolute Gasteiger partial charge is 0.378 e. The maximum Gasteiger partial charge on any atom is 0.319 e. The molecule has 2 aromatic rings. The minimum Gasteiger partial charge on any atom is -0.378 e. The first kappa shape index (κ1) is 17.6. The van der Waals surface area contributed by atoms with Crippen molar-refractivity contribution in [1.82, 2.24) is 5.32 Å². The molecule has 0 bridgehead atoms. The van der Waals surface area contributed by atoms with Crippen LogP contribution >= 0.6 is 11.6 Å². The zero-order valence-corrected chi connectivity index (χ0v) is 14.2. The Labute approximate surface area is 145 Å². The lowest BCUT2D eigenvalue weighted by molar-refractivity contribution is -0.115. The second-order valence-corrected chi connectivity index (χ2v) is 5.74. The number of hydrogen-bond donors (Lipinski definition) is 3. The van der Waals surface area contributed by atoms with Crippen molar-refractivity contribution in [2.75, 3.05) is 36.2 Å².